The molecule has 0 saturated carbocycles. The van der Waals surface area contributed by atoms with Gasteiger partial charge in [-0.3, -0.25) is 4.68 Å². The van der Waals surface area contributed by atoms with E-state index in [1.54, 1.807) is 10.9 Å². The van der Waals surface area contributed by atoms with Crippen LogP contribution < -0.4 is 10.1 Å². The standard InChI is InChI=1S/C14H23N5O/c1-5-7-19-10-12(8-16-19)20-14-13(9-15-6-2)11(3)17-18(14)4/h8,10,15H,5-7,9H2,1-4H3. The van der Waals surface area contributed by atoms with Gasteiger partial charge in [-0.2, -0.15) is 10.2 Å². The molecular formula is C14H23N5O. The van der Waals surface area contributed by atoms with Crippen molar-refractivity contribution in [1.82, 2.24) is 24.9 Å². The van der Waals surface area contributed by atoms with Crippen molar-refractivity contribution in [1.29, 1.82) is 0 Å². The average Bonchev–Trinajstić information content (AvgIpc) is 2.95. The van der Waals surface area contributed by atoms with Crippen LogP contribution in [0.2, 0.25) is 0 Å². The SMILES string of the molecule is CCCn1cc(Oc2c(CNCC)c(C)nn2C)cn1. The summed E-state index contributed by atoms with van der Waals surface area (Å²) < 4.78 is 9.63. The monoisotopic (exact) mass is 277 g/mol. The molecule has 6 nitrogen and oxygen atoms in total. The maximum atomic E-state index is 5.96. The van der Waals surface area contributed by atoms with Crippen molar-refractivity contribution in [3.05, 3.63) is 23.7 Å². The highest BCUT2D eigenvalue weighted by atomic mass is 16.5. The summed E-state index contributed by atoms with van der Waals surface area (Å²) in [6, 6.07) is 0. The van der Waals surface area contributed by atoms with E-state index < -0.39 is 0 Å². The summed E-state index contributed by atoms with van der Waals surface area (Å²) in [6.07, 6.45) is 4.72. The van der Waals surface area contributed by atoms with Crippen LogP contribution in [0.4, 0.5) is 0 Å². The lowest BCUT2D eigenvalue weighted by Crippen LogP contribution is -2.12. The Bertz CT molecular complexity index is 558. The van der Waals surface area contributed by atoms with Gasteiger partial charge in [0.1, 0.15) is 0 Å². The van der Waals surface area contributed by atoms with Crippen LogP contribution in [0.3, 0.4) is 0 Å². The predicted molar refractivity (Wildman–Crippen MR) is 77.9 cm³/mol. The van der Waals surface area contributed by atoms with Gasteiger partial charge in [-0.15, -0.1) is 0 Å². The fourth-order valence-electron chi connectivity index (χ4n) is 2.12. The molecular weight excluding hydrogens is 254 g/mol. The lowest BCUT2D eigenvalue weighted by molar-refractivity contribution is 0.423. The minimum Gasteiger partial charge on any atom is -0.436 e. The summed E-state index contributed by atoms with van der Waals surface area (Å²) in [5, 5.41) is 12.0. The predicted octanol–water partition coefficient (Wildman–Crippen LogP) is 2.24. The second-order valence-electron chi connectivity index (χ2n) is 4.81. The molecule has 20 heavy (non-hydrogen) atoms. The molecule has 2 aromatic rings. The van der Waals surface area contributed by atoms with Crippen LogP contribution in [-0.4, -0.2) is 26.1 Å². The first-order chi connectivity index (χ1) is 9.65. The second kappa shape index (κ2) is 6.56. The normalized spacial score (nSPS) is 11.0. The van der Waals surface area contributed by atoms with E-state index >= 15 is 0 Å². The highest BCUT2D eigenvalue weighted by Crippen LogP contribution is 2.26. The molecule has 6 heteroatoms. The highest BCUT2D eigenvalue weighted by Gasteiger charge is 2.15. The Morgan fingerprint density at radius 1 is 1.35 bits per heavy atom. The smallest absolute Gasteiger partial charge is 0.222 e. The number of ether oxygens (including phenoxy) is 1. The molecule has 0 aromatic carbocycles. The third-order valence-electron chi connectivity index (χ3n) is 3.12. The van der Waals surface area contributed by atoms with E-state index in [2.05, 4.69) is 29.4 Å². The molecule has 0 radical (unpaired) electrons. The van der Waals surface area contributed by atoms with Crippen molar-refractivity contribution in [3.8, 4) is 11.6 Å². The number of hydrogen-bond donors (Lipinski definition) is 1. The Hall–Kier alpha value is -1.82. The van der Waals surface area contributed by atoms with Crippen LogP contribution in [-0.2, 0) is 20.1 Å². The van der Waals surface area contributed by atoms with Gasteiger partial charge in [0.25, 0.3) is 0 Å². The Morgan fingerprint density at radius 3 is 2.85 bits per heavy atom. The first-order valence-electron chi connectivity index (χ1n) is 7.09. The van der Waals surface area contributed by atoms with Gasteiger partial charge in [0, 0.05) is 20.1 Å². The molecule has 0 spiro atoms. The molecule has 0 bridgehead atoms. The fourth-order valence-corrected chi connectivity index (χ4v) is 2.12. The number of hydrogen-bond acceptors (Lipinski definition) is 4. The molecule has 0 unspecified atom stereocenters. The quantitative estimate of drug-likeness (QED) is 0.843. The largest absolute Gasteiger partial charge is 0.436 e. The summed E-state index contributed by atoms with van der Waals surface area (Å²) in [5.74, 6) is 1.53. The van der Waals surface area contributed by atoms with E-state index in [9.17, 15) is 0 Å². The third kappa shape index (κ3) is 3.19. The molecule has 2 heterocycles. The van der Waals surface area contributed by atoms with Crippen molar-refractivity contribution in [2.24, 2.45) is 7.05 Å². The summed E-state index contributed by atoms with van der Waals surface area (Å²) in [5.41, 5.74) is 2.09. The third-order valence-corrected chi connectivity index (χ3v) is 3.12. The average molecular weight is 277 g/mol. The van der Waals surface area contributed by atoms with Crippen molar-refractivity contribution < 1.29 is 4.74 Å². The molecule has 110 valence electrons. The zero-order valence-corrected chi connectivity index (χ0v) is 12.7. The van der Waals surface area contributed by atoms with Crippen LogP contribution >= 0.6 is 0 Å². The van der Waals surface area contributed by atoms with Gasteiger partial charge in [-0.1, -0.05) is 13.8 Å². The molecule has 1 N–H and O–H groups in total. The van der Waals surface area contributed by atoms with Gasteiger partial charge in [0.05, 0.1) is 23.7 Å². The molecule has 2 rings (SSSR count). The number of rotatable bonds is 7. The van der Waals surface area contributed by atoms with Crippen molar-refractivity contribution in [2.45, 2.75) is 40.3 Å². The summed E-state index contributed by atoms with van der Waals surface area (Å²) >= 11 is 0. The van der Waals surface area contributed by atoms with Crippen LogP contribution in [0.25, 0.3) is 0 Å². The van der Waals surface area contributed by atoms with Gasteiger partial charge in [-0.25, -0.2) is 4.68 Å². The van der Waals surface area contributed by atoms with E-state index in [0.717, 1.165) is 48.9 Å². The maximum absolute atomic E-state index is 5.96. The lowest BCUT2D eigenvalue weighted by atomic mass is 10.2. The highest BCUT2D eigenvalue weighted by molar-refractivity contribution is 5.34. The minimum atomic E-state index is 0.749. The van der Waals surface area contributed by atoms with E-state index in [1.165, 1.54) is 0 Å². The summed E-state index contributed by atoms with van der Waals surface area (Å²) in [4.78, 5) is 0. The van der Waals surface area contributed by atoms with Crippen molar-refractivity contribution in [3.63, 3.8) is 0 Å². The van der Waals surface area contributed by atoms with Gasteiger partial charge in [0.15, 0.2) is 5.75 Å². The van der Waals surface area contributed by atoms with Crippen molar-refractivity contribution >= 4 is 0 Å². The van der Waals surface area contributed by atoms with Crippen LogP contribution in [0.1, 0.15) is 31.5 Å². The van der Waals surface area contributed by atoms with Gasteiger partial charge in [0.2, 0.25) is 5.88 Å². The minimum absolute atomic E-state index is 0.749. The van der Waals surface area contributed by atoms with E-state index in [4.69, 9.17) is 4.74 Å². The Kier molecular flexibility index (Phi) is 4.79. The van der Waals surface area contributed by atoms with E-state index in [1.807, 2.05) is 24.9 Å². The Labute approximate surface area is 119 Å². The molecule has 0 atom stereocenters. The van der Waals surface area contributed by atoms with Crippen LogP contribution in [0.5, 0.6) is 11.6 Å². The first-order valence-corrected chi connectivity index (χ1v) is 7.09. The van der Waals surface area contributed by atoms with Crippen LogP contribution in [0.15, 0.2) is 12.4 Å². The zero-order valence-electron chi connectivity index (χ0n) is 12.7. The molecule has 0 saturated heterocycles. The fraction of sp³-hybridized carbons (Fsp3) is 0.571. The molecule has 0 fully saturated rings. The van der Waals surface area contributed by atoms with Gasteiger partial charge in [-0.05, 0) is 19.9 Å². The molecule has 0 aliphatic heterocycles. The van der Waals surface area contributed by atoms with E-state index in [0.29, 0.717) is 0 Å². The molecule has 0 aliphatic rings. The lowest BCUT2D eigenvalue weighted by Gasteiger charge is -2.07. The molecule has 0 amide bonds. The Balaban J connectivity index is 2.18. The maximum Gasteiger partial charge on any atom is 0.222 e. The molecule has 2 aromatic heterocycles. The second-order valence-corrected chi connectivity index (χ2v) is 4.81. The number of nitrogens with one attached hydrogen (secondary N) is 1. The Morgan fingerprint density at radius 2 is 2.15 bits per heavy atom. The number of nitrogens with zero attached hydrogens (tertiary/aromatic N) is 4. The van der Waals surface area contributed by atoms with E-state index in [-0.39, 0.29) is 0 Å². The van der Waals surface area contributed by atoms with Crippen LogP contribution in [0, 0.1) is 6.92 Å². The summed E-state index contributed by atoms with van der Waals surface area (Å²) in [6.45, 7) is 8.79. The summed E-state index contributed by atoms with van der Waals surface area (Å²) in [7, 11) is 1.90. The first kappa shape index (κ1) is 14.6. The number of aromatic nitrogens is 4. The van der Waals surface area contributed by atoms with Crippen molar-refractivity contribution in [2.75, 3.05) is 6.54 Å². The van der Waals surface area contributed by atoms with Gasteiger partial charge >= 0.3 is 0 Å². The number of aryl methyl sites for hydroxylation is 3. The zero-order chi connectivity index (χ0) is 14.5. The topological polar surface area (TPSA) is 56.9 Å². The molecule has 0 aliphatic carbocycles. The van der Waals surface area contributed by atoms with Gasteiger partial charge < -0.3 is 10.1 Å².